The molecule has 0 unspecified atom stereocenters. The molecular weight excluding hydrogens is 284 g/mol. The predicted octanol–water partition coefficient (Wildman–Crippen LogP) is 3.30. The molecule has 0 saturated heterocycles. The molecule has 0 spiro atoms. The number of thioether (sulfide) groups is 1. The average Bonchev–Trinajstić information content (AvgIpc) is 2.51. The fraction of sp³-hybridized carbons (Fsp3) is 0.471. The maximum Gasteiger partial charge on any atom is 0.235 e. The second-order valence-electron chi connectivity index (χ2n) is 5.63. The van der Waals surface area contributed by atoms with E-state index in [2.05, 4.69) is 25.1 Å². The lowest BCUT2D eigenvalue weighted by Gasteiger charge is -2.49. The summed E-state index contributed by atoms with van der Waals surface area (Å²) in [4.78, 5) is 14.0. The lowest BCUT2D eigenvalue weighted by Crippen LogP contribution is -2.61. The quantitative estimate of drug-likeness (QED) is 0.631. The van der Waals surface area contributed by atoms with Crippen LogP contribution in [-0.4, -0.2) is 31.0 Å². The lowest BCUT2D eigenvalue weighted by molar-refractivity contribution is -0.236. The molecule has 4 heteroatoms. The van der Waals surface area contributed by atoms with Crippen LogP contribution in [0.2, 0.25) is 0 Å². The second kappa shape index (κ2) is 5.59. The topological polar surface area (TPSA) is 35.5 Å². The number of hydrogen-bond acceptors (Lipinski definition) is 4. The van der Waals surface area contributed by atoms with Crippen molar-refractivity contribution in [2.75, 3.05) is 14.2 Å². The molecule has 0 radical (unpaired) electrons. The minimum absolute atomic E-state index is 0.00575. The summed E-state index contributed by atoms with van der Waals surface area (Å²) in [6.07, 6.45) is 3.01. The predicted molar refractivity (Wildman–Crippen MR) is 83.2 cm³/mol. The van der Waals surface area contributed by atoms with Gasteiger partial charge < -0.3 is 9.47 Å². The zero-order chi connectivity index (χ0) is 15.0. The van der Waals surface area contributed by atoms with Crippen molar-refractivity contribution in [2.45, 2.75) is 29.3 Å². The monoisotopic (exact) mass is 304 g/mol. The number of ketones is 1. The summed E-state index contributed by atoms with van der Waals surface area (Å²) in [6.45, 7) is 2.07. The van der Waals surface area contributed by atoms with Crippen molar-refractivity contribution in [1.82, 2.24) is 0 Å². The van der Waals surface area contributed by atoms with Crippen molar-refractivity contribution in [2.24, 2.45) is 11.8 Å². The molecule has 3 aliphatic carbocycles. The van der Waals surface area contributed by atoms with Crippen LogP contribution in [0.4, 0.5) is 0 Å². The van der Waals surface area contributed by atoms with Crippen LogP contribution < -0.4 is 0 Å². The summed E-state index contributed by atoms with van der Waals surface area (Å²) in [5.74, 6) is -1.16. The summed E-state index contributed by atoms with van der Waals surface area (Å²) in [6, 6.07) is 10.2. The standard InChI is InChI=1S/C17H20O3S/c1-11-9-13-15(21-12-7-5-4-6-8-12)10-14(11)17(19-2,20-3)16(13)18/h4-9,13-15H,10H2,1-3H3/t13-,14-,15-/m1/s1. The van der Waals surface area contributed by atoms with E-state index in [1.165, 1.54) is 10.5 Å². The Morgan fingerprint density at radius 1 is 1.19 bits per heavy atom. The van der Waals surface area contributed by atoms with E-state index in [1.807, 2.05) is 18.2 Å². The summed E-state index contributed by atoms with van der Waals surface area (Å²) in [5.41, 5.74) is 1.20. The van der Waals surface area contributed by atoms with Gasteiger partial charge in [0.2, 0.25) is 11.6 Å². The number of carbonyl (C=O) groups excluding carboxylic acids is 1. The zero-order valence-electron chi connectivity index (χ0n) is 12.5. The first-order valence-corrected chi connectivity index (χ1v) is 8.05. The Balaban J connectivity index is 1.89. The van der Waals surface area contributed by atoms with E-state index < -0.39 is 5.79 Å². The number of methoxy groups -OCH3 is 2. The molecule has 0 amide bonds. The van der Waals surface area contributed by atoms with E-state index >= 15 is 0 Å². The third-order valence-electron chi connectivity index (χ3n) is 4.60. The summed E-state index contributed by atoms with van der Waals surface area (Å²) in [7, 11) is 3.13. The molecule has 21 heavy (non-hydrogen) atoms. The highest BCUT2D eigenvalue weighted by atomic mass is 32.2. The summed E-state index contributed by atoms with van der Waals surface area (Å²) < 4.78 is 11.0. The number of ether oxygens (including phenoxy) is 2. The SMILES string of the molecule is COC1(OC)C(=O)[C@@H]2C=C(C)[C@H]1C[C@H]2Sc1ccccc1. The van der Waals surface area contributed by atoms with Gasteiger partial charge in [-0.3, -0.25) is 4.79 Å². The highest BCUT2D eigenvalue weighted by molar-refractivity contribution is 8.00. The molecule has 1 fully saturated rings. The van der Waals surface area contributed by atoms with Crippen LogP contribution in [0.15, 0.2) is 46.9 Å². The second-order valence-corrected chi connectivity index (χ2v) is 6.95. The van der Waals surface area contributed by atoms with Gasteiger partial charge in [0, 0.05) is 30.3 Å². The first-order chi connectivity index (χ1) is 10.1. The Kier molecular flexibility index (Phi) is 3.95. The van der Waals surface area contributed by atoms with E-state index in [4.69, 9.17) is 9.47 Å². The number of Topliss-reactive ketones (excluding diaryl/α,β-unsaturated/α-hetero) is 1. The first kappa shape index (κ1) is 14.8. The van der Waals surface area contributed by atoms with Crippen molar-refractivity contribution >= 4 is 17.5 Å². The van der Waals surface area contributed by atoms with Gasteiger partial charge >= 0.3 is 0 Å². The maximum atomic E-state index is 12.8. The molecule has 0 heterocycles. The van der Waals surface area contributed by atoms with E-state index in [0.717, 1.165) is 6.42 Å². The Labute approximate surface area is 129 Å². The molecule has 1 aromatic carbocycles. The van der Waals surface area contributed by atoms with Gasteiger partial charge in [-0.25, -0.2) is 0 Å². The smallest absolute Gasteiger partial charge is 0.235 e. The molecule has 4 rings (SSSR count). The molecule has 3 aliphatic rings. The van der Waals surface area contributed by atoms with Gasteiger partial charge in [0.15, 0.2) is 0 Å². The Morgan fingerprint density at radius 2 is 1.86 bits per heavy atom. The van der Waals surface area contributed by atoms with Gasteiger partial charge in [0.1, 0.15) is 0 Å². The number of hydrogen-bond donors (Lipinski definition) is 0. The molecule has 1 aromatic rings. The van der Waals surface area contributed by atoms with Gasteiger partial charge in [-0.05, 0) is 25.5 Å². The fourth-order valence-electron chi connectivity index (χ4n) is 3.54. The van der Waals surface area contributed by atoms with Gasteiger partial charge in [-0.15, -0.1) is 11.8 Å². The summed E-state index contributed by atoms with van der Waals surface area (Å²) >= 11 is 1.78. The van der Waals surface area contributed by atoms with Gasteiger partial charge in [-0.2, -0.15) is 0 Å². The fourth-order valence-corrected chi connectivity index (χ4v) is 4.84. The lowest BCUT2D eigenvalue weighted by atomic mass is 9.66. The summed E-state index contributed by atoms with van der Waals surface area (Å²) in [5, 5.41) is 0.257. The van der Waals surface area contributed by atoms with Crippen LogP contribution >= 0.6 is 11.8 Å². The van der Waals surface area contributed by atoms with E-state index in [1.54, 1.807) is 26.0 Å². The van der Waals surface area contributed by atoms with Crippen LogP contribution in [0.3, 0.4) is 0 Å². The molecule has 112 valence electrons. The number of fused-ring (bicyclic) bond motifs is 2. The molecule has 1 saturated carbocycles. The van der Waals surface area contributed by atoms with Crippen LogP contribution in [0.1, 0.15) is 13.3 Å². The number of rotatable bonds is 4. The van der Waals surface area contributed by atoms with Crippen LogP contribution in [0.25, 0.3) is 0 Å². The van der Waals surface area contributed by atoms with E-state index in [0.29, 0.717) is 0 Å². The maximum absolute atomic E-state index is 12.8. The van der Waals surface area contributed by atoms with Crippen molar-refractivity contribution in [3.63, 3.8) is 0 Å². The largest absolute Gasteiger partial charge is 0.347 e. The molecule has 0 aromatic heterocycles. The molecule has 2 bridgehead atoms. The third-order valence-corrected chi connectivity index (χ3v) is 5.94. The van der Waals surface area contributed by atoms with Gasteiger partial charge in [0.05, 0.1) is 5.92 Å². The minimum Gasteiger partial charge on any atom is -0.347 e. The van der Waals surface area contributed by atoms with Crippen molar-refractivity contribution in [1.29, 1.82) is 0 Å². The normalized spacial score (nSPS) is 30.3. The Bertz CT molecular complexity index is 563. The number of allylic oxidation sites excluding steroid dienone is 1. The van der Waals surface area contributed by atoms with Crippen molar-refractivity contribution in [3.8, 4) is 0 Å². The van der Waals surface area contributed by atoms with Crippen LogP contribution in [0.5, 0.6) is 0 Å². The first-order valence-electron chi connectivity index (χ1n) is 7.17. The van der Waals surface area contributed by atoms with Gasteiger partial charge in [0.25, 0.3) is 0 Å². The number of carbonyl (C=O) groups is 1. The van der Waals surface area contributed by atoms with E-state index in [-0.39, 0.29) is 22.9 Å². The molecule has 0 aliphatic heterocycles. The highest BCUT2D eigenvalue weighted by Gasteiger charge is 2.58. The van der Waals surface area contributed by atoms with E-state index in [9.17, 15) is 4.79 Å². The van der Waals surface area contributed by atoms with Crippen molar-refractivity contribution in [3.05, 3.63) is 42.0 Å². The third kappa shape index (κ3) is 2.26. The Morgan fingerprint density at radius 3 is 2.48 bits per heavy atom. The van der Waals surface area contributed by atoms with Crippen molar-refractivity contribution < 1.29 is 14.3 Å². The average molecular weight is 304 g/mol. The van der Waals surface area contributed by atoms with Crippen LogP contribution in [0, 0.1) is 11.8 Å². The molecular formula is C17H20O3S. The Hall–Kier alpha value is -1.10. The molecule has 0 N–H and O–H groups in total. The molecule has 3 nitrogen and oxygen atoms in total. The van der Waals surface area contributed by atoms with Gasteiger partial charge in [-0.1, -0.05) is 29.8 Å². The number of benzene rings is 1. The minimum atomic E-state index is -1.09. The molecule has 3 atom stereocenters. The highest BCUT2D eigenvalue weighted by Crippen LogP contribution is 2.51. The van der Waals surface area contributed by atoms with Crippen LogP contribution in [-0.2, 0) is 14.3 Å². The zero-order valence-corrected chi connectivity index (χ0v) is 13.4.